The third-order valence-electron chi connectivity index (χ3n) is 6.35. The van der Waals surface area contributed by atoms with Gasteiger partial charge in [0.2, 0.25) is 0 Å². The Hall–Kier alpha value is -1.45. The van der Waals surface area contributed by atoms with Gasteiger partial charge in [0.15, 0.2) is 0 Å². The fourth-order valence-corrected chi connectivity index (χ4v) is 8.60. The molecular formula is C25H30Br2O5Si. The second kappa shape index (κ2) is 11.8. The number of ether oxygens (including phenoxy) is 3. The maximum Gasteiger partial charge on any atom is 0.312 e. The number of halogens is 2. The lowest BCUT2D eigenvalue weighted by molar-refractivity contribution is -0.164. The normalized spacial score (nSPS) is 21.8. The van der Waals surface area contributed by atoms with Gasteiger partial charge in [0.05, 0.1) is 43.8 Å². The standard InChI is InChI=1S/C25H30Br2O5Si/c1-30-18-11-9-17(10-12-18)15-31-16-21(28)24-22(13-19(14-23(26)27)32-25(24)29)33(2,3)20-7-5-4-6-8-20/h4-12,14,19,21-22,24,28H,13,15-16H2,1-3H3/t19-,21+,22+,24-/m0/s1. The highest BCUT2D eigenvalue weighted by Gasteiger charge is 2.50. The summed E-state index contributed by atoms with van der Waals surface area (Å²) in [5, 5.41) is 12.3. The molecule has 0 bridgehead atoms. The summed E-state index contributed by atoms with van der Waals surface area (Å²) in [6, 6.07) is 17.9. The fourth-order valence-electron chi connectivity index (χ4n) is 4.45. The van der Waals surface area contributed by atoms with E-state index in [-0.39, 0.29) is 24.2 Å². The van der Waals surface area contributed by atoms with E-state index < -0.39 is 20.1 Å². The van der Waals surface area contributed by atoms with Gasteiger partial charge in [-0.15, -0.1) is 0 Å². The van der Waals surface area contributed by atoms with Gasteiger partial charge in [-0.25, -0.2) is 0 Å². The topological polar surface area (TPSA) is 65.0 Å². The van der Waals surface area contributed by atoms with Crippen molar-refractivity contribution in [3.8, 4) is 5.75 Å². The number of carbonyl (C=O) groups is 1. The molecule has 1 fully saturated rings. The predicted octanol–water partition coefficient (Wildman–Crippen LogP) is 5.12. The smallest absolute Gasteiger partial charge is 0.312 e. The Morgan fingerprint density at radius 1 is 1.18 bits per heavy atom. The molecule has 1 aliphatic heterocycles. The van der Waals surface area contributed by atoms with Crippen LogP contribution in [0.3, 0.4) is 0 Å². The van der Waals surface area contributed by atoms with E-state index in [0.29, 0.717) is 13.0 Å². The predicted molar refractivity (Wildman–Crippen MR) is 140 cm³/mol. The molecule has 33 heavy (non-hydrogen) atoms. The Bertz CT molecular complexity index is 945. The van der Waals surface area contributed by atoms with E-state index in [4.69, 9.17) is 14.2 Å². The van der Waals surface area contributed by atoms with Gasteiger partial charge in [0.1, 0.15) is 11.9 Å². The minimum Gasteiger partial charge on any atom is -0.497 e. The molecule has 0 amide bonds. The molecule has 1 heterocycles. The van der Waals surface area contributed by atoms with Gasteiger partial charge >= 0.3 is 5.97 Å². The monoisotopic (exact) mass is 596 g/mol. The van der Waals surface area contributed by atoms with Crippen LogP contribution in [0.1, 0.15) is 12.0 Å². The van der Waals surface area contributed by atoms with E-state index in [9.17, 15) is 9.90 Å². The number of carbonyl (C=O) groups excluding carboxylic acids is 1. The van der Waals surface area contributed by atoms with Crippen LogP contribution in [-0.4, -0.2) is 45.1 Å². The molecule has 0 spiro atoms. The number of rotatable bonds is 9. The summed E-state index contributed by atoms with van der Waals surface area (Å²) < 4.78 is 17.4. The Morgan fingerprint density at radius 2 is 1.85 bits per heavy atom. The SMILES string of the molecule is COc1ccc(COC[C@@H](O)[C@@H]2C(=O)O[C@H](C=C(Br)Br)C[C@H]2[Si](C)(C)c2ccccc2)cc1. The van der Waals surface area contributed by atoms with Crippen molar-refractivity contribution >= 4 is 51.1 Å². The highest BCUT2D eigenvalue weighted by molar-refractivity contribution is 9.28. The van der Waals surface area contributed by atoms with Crippen molar-refractivity contribution in [2.45, 2.75) is 43.9 Å². The number of benzene rings is 2. The lowest BCUT2D eigenvalue weighted by atomic mass is 9.92. The molecule has 3 rings (SSSR count). The first-order valence-electron chi connectivity index (χ1n) is 10.9. The van der Waals surface area contributed by atoms with E-state index in [1.54, 1.807) is 7.11 Å². The average Bonchev–Trinajstić information content (AvgIpc) is 2.79. The van der Waals surface area contributed by atoms with Gasteiger partial charge in [-0.05, 0) is 67.6 Å². The van der Waals surface area contributed by atoms with Crippen LogP contribution in [0.25, 0.3) is 0 Å². The fraction of sp³-hybridized carbons (Fsp3) is 0.400. The van der Waals surface area contributed by atoms with Crippen molar-refractivity contribution in [2.24, 2.45) is 5.92 Å². The van der Waals surface area contributed by atoms with Crippen LogP contribution >= 0.6 is 31.9 Å². The lowest BCUT2D eigenvalue weighted by Crippen LogP contribution is -2.56. The van der Waals surface area contributed by atoms with Crippen LogP contribution in [0.5, 0.6) is 5.75 Å². The lowest BCUT2D eigenvalue weighted by Gasteiger charge is -2.44. The van der Waals surface area contributed by atoms with Crippen molar-refractivity contribution in [3.63, 3.8) is 0 Å². The number of cyclic esters (lactones) is 1. The van der Waals surface area contributed by atoms with Gasteiger partial charge in [0.25, 0.3) is 0 Å². The Morgan fingerprint density at radius 3 is 2.45 bits per heavy atom. The third-order valence-corrected chi connectivity index (χ3v) is 11.1. The molecule has 0 radical (unpaired) electrons. The van der Waals surface area contributed by atoms with Crippen LogP contribution in [0.2, 0.25) is 18.6 Å². The van der Waals surface area contributed by atoms with Gasteiger partial charge in [-0.3, -0.25) is 4.79 Å². The molecule has 5 nitrogen and oxygen atoms in total. The summed E-state index contributed by atoms with van der Waals surface area (Å²) in [5.41, 5.74) is 0.957. The molecule has 0 aromatic heterocycles. The Labute approximate surface area is 213 Å². The highest BCUT2D eigenvalue weighted by Crippen LogP contribution is 2.42. The minimum absolute atomic E-state index is 0.0127. The quantitative estimate of drug-likeness (QED) is 0.321. The van der Waals surface area contributed by atoms with Crippen molar-refractivity contribution in [3.05, 3.63) is 69.6 Å². The van der Waals surface area contributed by atoms with Gasteiger partial charge < -0.3 is 19.3 Å². The molecule has 4 atom stereocenters. The second-order valence-electron chi connectivity index (χ2n) is 8.82. The molecule has 0 saturated carbocycles. The molecule has 1 N–H and O–H groups in total. The van der Waals surface area contributed by atoms with Crippen LogP contribution in [0, 0.1) is 5.92 Å². The highest BCUT2D eigenvalue weighted by atomic mass is 79.9. The third kappa shape index (κ3) is 6.79. The molecule has 2 aromatic carbocycles. The van der Waals surface area contributed by atoms with Crippen molar-refractivity contribution < 1.29 is 24.1 Å². The first kappa shape index (κ1) is 26.2. The molecule has 0 unspecified atom stereocenters. The van der Waals surface area contributed by atoms with Crippen LogP contribution < -0.4 is 9.92 Å². The zero-order valence-corrected chi connectivity index (χ0v) is 23.2. The van der Waals surface area contributed by atoms with Crippen LogP contribution in [0.4, 0.5) is 0 Å². The summed E-state index contributed by atoms with van der Waals surface area (Å²) in [6.07, 6.45) is 1.20. The minimum atomic E-state index is -2.14. The van der Waals surface area contributed by atoms with Gasteiger partial charge in [-0.1, -0.05) is 60.7 Å². The number of esters is 1. The molecule has 178 valence electrons. The van der Waals surface area contributed by atoms with E-state index >= 15 is 0 Å². The molecule has 2 aromatic rings. The Balaban J connectivity index is 1.77. The Kier molecular flexibility index (Phi) is 9.35. The van der Waals surface area contributed by atoms with Gasteiger partial charge in [0, 0.05) is 0 Å². The number of hydrogen-bond acceptors (Lipinski definition) is 5. The van der Waals surface area contributed by atoms with Crippen molar-refractivity contribution in [1.29, 1.82) is 0 Å². The number of aliphatic hydroxyl groups is 1. The van der Waals surface area contributed by atoms with E-state index in [1.165, 1.54) is 5.19 Å². The maximum absolute atomic E-state index is 13.1. The zero-order chi connectivity index (χ0) is 24.0. The number of methoxy groups -OCH3 is 1. The van der Waals surface area contributed by atoms with E-state index in [2.05, 4.69) is 57.1 Å². The summed E-state index contributed by atoms with van der Waals surface area (Å²) in [5.74, 6) is -0.231. The van der Waals surface area contributed by atoms with Crippen LogP contribution in [-0.2, 0) is 20.9 Å². The molecule has 1 saturated heterocycles. The average molecular weight is 598 g/mol. The maximum atomic E-state index is 13.1. The second-order valence-corrected chi connectivity index (χ2v) is 16.4. The molecular weight excluding hydrogens is 568 g/mol. The van der Waals surface area contributed by atoms with E-state index in [1.807, 2.05) is 48.5 Å². The van der Waals surface area contributed by atoms with Crippen LogP contribution in [0.15, 0.2) is 64.1 Å². The summed E-state index contributed by atoms with van der Waals surface area (Å²) in [7, 11) is -0.519. The first-order valence-corrected chi connectivity index (χ1v) is 15.6. The number of aliphatic hydroxyl groups excluding tert-OH is 1. The molecule has 0 aliphatic carbocycles. The van der Waals surface area contributed by atoms with Gasteiger partial charge in [-0.2, -0.15) is 0 Å². The van der Waals surface area contributed by atoms with E-state index in [0.717, 1.165) is 14.7 Å². The summed E-state index contributed by atoms with van der Waals surface area (Å²) in [4.78, 5) is 13.1. The van der Waals surface area contributed by atoms with Crippen molar-refractivity contribution in [2.75, 3.05) is 13.7 Å². The zero-order valence-electron chi connectivity index (χ0n) is 19.0. The number of hydrogen-bond donors (Lipinski definition) is 1. The largest absolute Gasteiger partial charge is 0.497 e. The molecule has 8 heteroatoms. The summed E-state index contributed by atoms with van der Waals surface area (Å²) >= 11 is 6.75. The summed E-state index contributed by atoms with van der Waals surface area (Å²) in [6.45, 7) is 4.92. The molecule has 1 aliphatic rings. The van der Waals surface area contributed by atoms with Crippen molar-refractivity contribution in [1.82, 2.24) is 0 Å². The first-order chi connectivity index (χ1) is 15.7.